The van der Waals surface area contributed by atoms with Crippen molar-refractivity contribution in [2.45, 2.75) is 39.0 Å². The molecule has 1 heterocycles. The molecule has 2 rings (SSSR count). The molecule has 0 aliphatic heterocycles. The van der Waals surface area contributed by atoms with Gasteiger partial charge in [0.15, 0.2) is 0 Å². The van der Waals surface area contributed by atoms with Gasteiger partial charge < -0.3 is 4.74 Å². The van der Waals surface area contributed by atoms with Gasteiger partial charge in [0.05, 0.1) is 12.3 Å². The Morgan fingerprint density at radius 3 is 2.40 bits per heavy atom. The van der Waals surface area contributed by atoms with Crippen LogP contribution in [0.15, 0.2) is 48.7 Å². The van der Waals surface area contributed by atoms with E-state index in [1.54, 1.807) is 0 Å². The molecule has 0 bridgehead atoms. The Hall–Kier alpha value is -1.83. The minimum absolute atomic E-state index is 0.812. The van der Waals surface area contributed by atoms with Gasteiger partial charge in [0.25, 0.3) is 0 Å². The Bertz CT molecular complexity index is 479. The highest BCUT2D eigenvalue weighted by Gasteiger charge is 1.99. The summed E-state index contributed by atoms with van der Waals surface area (Å²) in [5.41, 5.74) is 2.12. The summed E-state index contributed by atoms with van der Waals surface area (Å²) in [5, 5.41) is 0. The van der Waals surface area contributed by atoms with E-state index in [0.717, 1.165) is 30.0 Å². The fraction of sp³-hybridized carbons (Fsp3) is 0.389. The van der Waals surface area contributed by atoms with Gasteiger partial charge in [-0.05, 0) is 42.8 Å². The van der Waals surface area contributed by atoms with Gasteiger partial charge in [-0.1, -0.05) is 38.7 Å². The second-order valence-corrected chi connectivity index (χ2v) is 5.00. The largest absolute Gasteiger partial charge is 0.494 e. The molecule has 106 valence electrons. The Kier molecular flexibility index (Phi) is 6.09. The first-order valence-corrected chi connectivity index (χ1v) is 7.54. The van der Waals surface area contributed by atoms with Gasteiger partial charge in [0.2, 0.25) is 0 Å². The van der Waals surface area contributed by atoms with Crippen LogP contribution >= 0.6 is 0 Å². The summed E-state index contributed by atoms with van der Waals surface area (Å²) in [4.78, 5) is 4.34. The van der Waals surface area contributed by atoms with Crippen molar-refractivity contribution in [3.8, 4) is 17.0 Å². The fourth-order valence-corrected chi connectivity index (χ4v) is 2.15. The average Bonchev–Trinajstić information content (AvgIpc) is 2.52. The molecule has 0 aliphatic carbocycles. The van der Waals surface area contributed by atoms with E-state index in [4.69, 9.17) is 4.74 Å². The maximum atomic E-state index is 5.76. The first-order valence-electron chi connectivity index (χ1n) is 7.54. The zero-order valence-corrected chi connectivity index (χ0v) is 12.2. The first-order chi connectivity index (χ1) is 9.90. The summed E-state index contributed by atoms with van der Waals surface area (Å²) in [7, 11) is 0. The van der Waals surface area contributed by atoms with Gasteiger partial charge >= 0.3 is 0 Å². The van der Waals surface area contributed by atoms with Gasteiger partial charge in [-0.3, -0.25) is 4.98 Å². The Labute approximate surface area is 121 Å². The van der Waals surface area contributed by atoms with E-state index in [9.17, 15) is 0 Å². The molecule has 0 aliphatic rings. The lowest BCUT2D eigenvalue weighted by atomic mass is 10.1. The maximum Gasteiger partial charge on any atom is 0.119 e. The smallest absolute Gasteiger partial charge is 0.119 e. The van der Waals surface area contributed by atoms with Crippen molar-refractivity contribution in [1.82, 2.24) is 4.98 Å². The maximum absolute atomic E-state index is 5.76. The van der Waals surface area contributed by atoms with Gasteiger partial charge in [0.1, 0.15) is 5.75 Å². The summed E-state index contributed by atoms with van der Waals surface area (Å²) in [6, 6.07) is 14.1. The van der Waals surface area contributed by atoms with Crippen LogP contribution in [0.1, 0.15) is 39.0 Å². The van der Waals surface area contributed by atoms with Crippen molar-refractivity contribution < 1.29 is 4.74 Å². The monoisotopic (exact) mass is 269 g/mol. The van der Waals surface area contributed by atoms with Crippen LogP contribution in [0.5, 0.6) is 5.75 Å². The molecule has 0 saturated heterocycles. The molecule has 0 radical (unpaired) electrons. The van der Waals surface area contributed by atoms with Crippen LogP contribution < -0.4 is 4.74 Å². The molecule has 2 nitrogen and oxygen atoms in total. The quantitative estimate of drug-likeness (QED) is 0.622. The van der Waals surface area contributed by atoms with Crippen LogP contribution in [0, 0.1) is 0 Å². The topological polar surface area (TPSA) is 22.1 Å². The molecule has 0 unspecified atom stereocenters. The Morgan fingerprint density at radius 2 is 1.70 bits per heavy atom. The number of pyridine rings is 1. The van der Waals surface area contributed by atoms with Crippen molar-refractivity contribution in [2.75, 3.05) is 6.61 Å². The lowest BCUT2D eigenvalue weighted by Crippen LogP contribution is -1.97. The lowest BCUT2D eigenvalue weighted by Gasteiger charge is -2.07. The zero-order valence-electron chi connectivity index (χ0n) is 12.2. The number of benzene rings is 1. The molecular weight excluding hydrogens is 246 g/mol. The molecule has 2 heteroatoms. The molecule has 20 heavy (non-hydrogen) atoms. The van der Waals surface area contributed by atoms with Crippen molar-refractivity contribution in [3.63, 3.8) is 0 Å². The van der Waals surface area contributed by atoms with E-state index in [1.807, 2.05) is 36.5 Å². The van der Waals surface area contributed by atoms with Crippen LogP contribution in [0.2, 0.25) is 0 Å². The molecule has 0 atom stereocenters. The van der Waals surface area contributed by atoms with Crippen LogP contribution in [0.25, 0.3) is 11.3 Å². The molecule has 0 fully saturated rings. The van der Waals surface area contributed by atoms with Crippen LogP contribution in [-0.4, -0.2) is 11.6 Å². The number of aromatic nitrogens is 1. The molecule has 0 N–H and O–H groups in total. The molecule has 1 aromatic heterocycles. The van der Waals surface area contributed by atoms with Crippen molar-refractivity contribution in [3.05, 3.63) is 48.7 Å². The van der Waals surface area contributed by atoms with E-state index < -0.39 is 0 Å². The third kappa shape index (κ3) is 4.69. The first kappa shape index (κ1) is 14.6. The number of hydrogen-bond acceptors (Lipinski definition) is 2. The third-order valence-corrected chi connectivity index (χ3v) is 3.33. The van der Waals surface area contributed by atoms with Crippen molar-refractivity contribution in [1.29, 1.82) is 0 Å². The molecular formula is C18H23NO. The SMILES string of the molecule is CCCCCCCOc1ccc(-c2ccccn2)cc1. The fourth-order valence-electron chi connectivity index (χ4n) is 2.15. The number of unbranched alkanes of at least 4 members (excludes halogenated alkanes) is 4. The number of rotatable bonds is 8. The van der Waals surface area contributed by atoms with Crippen molar-refractivity contribution in [2.24, 2.45) is 0 Å². The highest BCUT2D eigenvalue weighted by molar-refractivity contribution is 5.59. The second kappa shape index (κ2) is 8.36. The minimum atomic E-state index is 0.812. The van der Waals surface area contributed by atoms with Gasteiger partial charge in [-0.15, -0.1) is 0 Å². The standard InChI is InChI=1S/C18H23NO/c1-2-3-4-5-8-15-20-17-12-10-16(11-13-17)18-9-6-7-14-19-18/h6-7,9-14H,2-5,8,15H2,1H3. The predicted molar refractivity (Wildman–Crippen MR) is 83.9 cm³/mol. The van der Waals surface area contributed by atoms with Gasteiger partial charge in [-0.2, -0.15) is 0 Å². The highest BCUT2D eigenvalue weighted by atomic mass is 16.5. The van der Waals surface area contributed by atoms with Crippen LogP contribution in [-0.2, 0) is 0 Å². The van der Waals surface area contributed by atoms with E-state index in [0.29, 0.717) is 0 Å². The van der Waals surface area contributed by atoms with Gasteiger partial charge in [-0.25, -0.2) is 0 Å². The summed E-state index contributed by atoms with van der Waals surface area (Å²) in [5.74, 6) is 0.945. The highest BCUT2D eigenvalue weighted by Crippen LogP contribution is 2.20. The zero-order chi connectivity index (χ0) is 14.0. The number of hydrogen-bond donors (Lipinski definition) is 0. The predicted octanol–water partition coefficient (Wildman–Crippen LogP) is 5.10. The third-order valence-electron chi connectivity index (χ3n) is 3.33. The Balaban J connectivity index is 1.77. The average molecular weight is 269 g/mol. The normalized spacial score (nSPS) is 10.4. The number of ether oxygens (including phenoxy) is 1. The van der Waals surface area contributed by atoms with E-state index >= 15 is 0 Å². The molecule has 0 saturated carbocycles. The number of nitrogens with zero attached hydrogens (tertiary/aromatic N) is 1. The van der Waals surface area contributed by atoms with Crippen LogP contribution in [0.4, 0.5) is 0 Å². The molecule has 2 aromatic rings. The van der Waals surface area contributed by atoms with E-state index in [-0.39, 0.29) is 0 Å². The molecule has 0 amide bonds. The van der Waals surface area contributed by atoms with E-state index in [1.165, 1.54) is 25.7 Å². The van der Waals surface area contributed by atoms with Gasteiger partial charge in [0, 0.05) is 11.8 Å². The summed E-state index contributed by atoms with van der Waals surface area (Å²) in [6.45, 7) is 3.05. The lowest BCUT2D eigenvalue weighted by molar-refractivity contribution is 0.304. The summed E-state index contributed by atoms with van der Waals surface area (Å²) < 4.78 is 5.76. The second-order valence-electron chi connectivity index (χ2n) is 5.00. The van der Waals surface area contributed by atoms with Crippen molar-refractivity contribution >= 4 is 0 Å². The summed E-state index contributed by atoms with van der Waals surface area (Å²) in [6.07, 6.45) is 8.16. The Morgan fingerprint density at radius 1 is 0.900 bits per heavy atom. The molecule has 0 spiro atoms. The van der Waals surface area contributed by atoms with Crippen LogP contribution in [0.3, 0.4) is 0 Å². The molecule has 1 aromatic carbocycles. The summed E-state index contributed by atoms with van der Waals surface area (Å²) >= 11 is 0. The minimum Gasteiger partial charge on any atom is -0.494 e. The van der Waals surface area contributed by atoms with E-state index in [2.05, 4.69) is 24.0 Å².